The molecule has 0 saturated heterocycles. The molecule has 0 saturated carbocycles. The number of carbonyl (C=O) groups excluding carboxylic acids is 2. The molecule has 1 N–H and O–H groups in total. The Bertz CT molecular complexity index is 825. The van der Waals surface area contributed by atoms with Gasteiger partial charge in [-0.3, -0.25) is 10.2 Å². The monoisotopic (exact) mass is 456 g/mol. The molecule has 1 unspecified atom stereocenters. The second kappa shape index (κ2) is 9.71. The summed E-state index contributed by atoms with van der Waals surface area (Å²) in [6, 6.07) is 13.5. The number of rotatable bonds is 7. The molecule has 1 atom stereocenters. The second-order valence-electron chi connectivity index (χ2n) is 5.05. The van der Waals surface area contributed by atoms with E-state index in [4.69, 9.17) is 27.9 Å². The summed E-state index contributed by atoms with van der Waals surface area (Å²) in [4.78, 5) is 24.2. The third-order valence-corrected chi connectivity index (χ3v) is 4.78. The van der Waals surface area contributed by atoms with Gasteiger partial charge >= 0.3 is 5.97 Å². The second-order valence-corrected chi connectivity index (χ2v) is 6.81. The van der Waals surface area contributed by atoms with E-state index in [1.165, 1.54) is 0 Å². The van der Waals surface area contributed by atoms with Gasteiger partial charge in [-0.1, -0.05) is 63.4 Å². The van der Waals surface area contributed by atoms with E-state index < -0.39 is 16.6 Å². The largest absolute Gasteiger partial charge is 0.461 e. The number of hydrogen-bond donors (Lipinski definition) is 1. The molecule has 0 spiro atoms. The lowest BCUT2D eigenvalue weighted by molar-refractivity contribution is -0.135. The van der Waals surface area contributed by atoms with Crippen LogP contribution in [0.15, 0.2) is 53.6 Å². The highest BCUT2D eigenvalue weighted by Gasteiger charge is 2.29. The van der Waals surface area contributed by atoms with Gasteiger partial charge in [-0.25, -0.2) is 4.79 Å². The number of halogens is 3. The van der Waals surface area contributed by atoms with Crippen LogP contribution in [-0.4, -0.2) is 24.1 Å². The molecule has 0 aliphatic heterocycles. The molecule has 5 nitrogen and oxygen atoms in total. The number of nitrogens with one attached hydrogen (secondary N) is 1. The van der Waals surface area contributed by atoms with Gasteiger partial charge in [0.1, 0.15) is 4.83 Å². The van der Waals surface area contributed by atoms with Crippen molar-refractivity contribution in [3.05, 3.63) is 64.1 Å². The molecule has 0 fully saturated rings. The van der Waals surface area contributed by atoms with E-state index >= 15 is 0 Å². The van der Waals surface area contributed by atoms with E-state index in [0.29, 0.717) is 21.3 Å². The van der Waals surface area contributed by atoms with Crippen molar-refractivity contribution in [1.29, 1.82) is 0 Å². The summed E-state index contributed by atoms with van der Waals surface area (Å²) < 4.78 is 4.94. The van der Waals surface area contributed by atoms with Crippen LogP contribution < -0.4 is 5.43 Å². The molecular weight excluding hydrogens is 443 g/mol. The van der Waals surface area contributed by atoms with Crippen LogP contribution in [-0.2, 0) is 14.3 Å². The Hall–Kier alpha value is -1.89. The van der Waals surface area contributed by atoms with E-state index in [0.717, 1.165) is 0 Å². The van der Waals surface area contributed by atoms with Crippen LogP contribution in [0.5, 0.6) is 0 Å². The highest BCUT2D eigenvalue weighted by Crippen LogP contribution is 2.26. The summed E-state index contributed by atoms with van der Waals surface area (Å²) in [6.07, 6.45) is 0. The maximum absolute atomic E-state index is 12.8. The molecule has 0 aliphatic rings. The Balaban J connectivity index is 2.29. The Morgan fingerprint density at radius 3 is 2.42 bits per heavy atom. The fraction of sp³-hybridized carbons (Fsp3) is 0.167. The maximum Gasteiger partial charge on any atom is 0.362 e. The van der Waals surface area contributed by atoms with E-state index in [1.54, 1.807) is 55.5 Å². The molecular formula is C18H15BrCl2N2O3. The number of hydrogen-bond acceptors (Lipinski definition) is 5. The number of Topliss-reactive ketones (excluding diaryl/α,β-unsaturated/α-hetero) is 1. The summed E-state index contributed by atoms with van der Waals surface area (Å²) in [5.41, 5.74) is 3.36. The van der Waals surface area contributed by atoms with Crippen LogP contribution in [0.25, 0.3) is 0 Å². The molecule has 0 radical (unpaired) electrons. The summed E-state index contributed by atoms with van der Waals surface area (Å²) in [7, 11) is 0. The SMILES string of the molecule is CCOC(=O)C(=NNc1ccccc1Cl)C(=O)C(Br)c1ccc(Cl)cc1. The third-order valence-electron chi connectivity index (χ3n) is 3.26. The van der Waals surface area contributed by atoms with Crippen molar-refractivity contribution in [3.8, 4) is 0 Å². The summed E-state index contributed by atoms with van der Waals surface area (Å²) in [5.74, 6) is -1.37. The van der Waals surface area contributed by atoms with Crippen LogP contribution >= 0.6 is 39.1 Å². The van der Waals surface area contributed by atoms with Gasteiger partial charge in [0.05, 0.1) is 17.3 Å². The van der Waals surface area contributed by atoms with Crippen molar-refractivity contribution >= 4 is 62.3 Å². The Morgan fingerprint density at radius 2 is 1.81 bits per heavy atom. The number of benzene rings is 2. The zero-order valence-corrected chi connectivity index (χ0v) is 16.8. The predicted octanol–water partition coefficient (Wildman–Crippen LogP) is 5.03. The number of alkyl halides is 1. The number of anilines is 1. The lowest BCUT2D eigenvalue weighted by atomic mass is 10.1. The smallest absolute Gasteiger partial charge is 0.362 e. The molecule has 0 heterocycles. The maximum atomic E-state index is 12.8. The Labute approximate surface area is 169 Å². The predicted molar refractivity (Wildman–Crippen MR) is 107 cm³/mol. The highest BCUT2D eigenvalue weighted by atomic mass is 79.9. The van der Waals surface area contributed by atoms with Crippen molar-refractivity contribution in [2.24, 2.45) is 5.10 Å². The van der Waals surface area contributed by atoms with Gasteiger partial charge in [0.2, 0.25) is 11.5 Å². The molecule has 0 aliphatic carbocycles. The van der Waals surface area contributed by atoms with Crippen LogP contribution in [0.1, 0.15) is 17.3 Å². The van der Waals surface area contributed by atoms with Gasteiger partial charge in [0.25, 0.3) is 0 Å². The standard InChI is InChI=1S/C18H15BrCl2N2O3/c1-2-26-18(25)16(23-22-14-6-4-3-5-13(14)21)17(24)15(19)11-7-9-12(20)10-8-11/h3-10,15,22H,2H2,1H3. The topological polar surface area (TPSA) is 67.8 Å². The number of hydrazone groups is 1. The third kappa shape index (κ3) is 5.30. The fourth-order valence-electron chi connectivity index (χ4n) is 1.97. The van der Waals surface area contributed by atoms with Crippen LogP contribution in [0.2, 0.25) is 10.0 Å². The number of para-hydroxylation sites is 1. The number of carbonyl (C=O) groups is 2. The van der Waals surface area contributed by atoms with Crippen molar-refractivity contribution in [1.82, 2.24) is 0 Å². The first-order valence-corrected chi connectivity index (χ1v) is 9.30. The first-order valence-electron chi connectivity index (χ1n) is 7.63. The van der Waals surface area contributed by atoms with Gasteiger partial charge in [0, 0.05) is 5.02 Å². The Kier molecular flexibility index (Phi) is 7.63. The van der Waals surface area contributed by atoms with Crippen molar-refractivity contribution in [2.75, 3.05) is 12.0 Å². The van der Waals surface area contributed by atoms with Gasteiger partial charge < -0.3 is 4.74 Å². The Morgan fingerprint density at radius 1 is 1.15 bits per heavy atom. The lowest BCUT2D eigenvalue weighted by Gasteiger charge is -2.12. The molecule has 8 heteroatoms. The number of ketones is 1. The van der Waals surface area contributed by atoms with E-state index in [1.807, 2.05) is 0 Å². The van der Waals surface area contributed by atoms with Crippen LogP contribution in [0, 0.1) is 0 Å². The average molecular weight is 458 g/mol. The van der Waals surface area contributed by atoms with Crippen molar-refractivity contribution < 1.29 is 14.3 Å². The average Bonchev–Trinajstić information content (AvgIpc) is 2.63. The molecule has 0 aromatic heterocycles. The quantitative estimate of drug-likeness (QED) is 0.208. The van der Waals surface area contributed by atoms with Gasteiger partial charge in [-0.05, 0) is 36.8 Å². The number of nitrogens with zero attached hydrogens (tertiary/aromatic N) is 1. The van der Waals surface area contributed by atoms with Gasteiger partial charge in [-0.15, -0.1) is 0 Å². The zero-order chi connectivity index (χ0) is 19.1. The first kappa shape index (κ1) is 20.4. The van der Waals surface area contributed by atoms with Gasteiger partial charge in [-0.2, -0.15) is 5.10 Å². The highest BCUT2D eigenvalue weighted by molar-refractivity contribution is 9.09. The minimum absolute atomic E-state index is 0.116. The first-order chi connectivity index (χ1) is 12.4. The molecule has 2 aromatic rings. The normalized spacial score (nSPS) is 12.4. The van der Waals surface area contributed by atoms with E-state index in [2.05, 4.69) is 26.5 Å². The van der Waals surface area contributed by atoms with Crippen LogP contribution in [0.3, 0.4) is 0 Å². The summed E-state index contributed by atoms with van der Waals surface area (Å²) >= 11 is 15.2. The van der Waals surface area contributed by atoms with Crippen LogP contribution in [0.4, 0.5) is 5.69 Å². The fourth-order valence-corrected chi connectivity index (χ4v) is 2.80. The molecule has 136 valence electrons. The molecule has 2 aromatic carbocycles. The molecule has 0 amide bonds. The summed E-state index contributed by atoms with van der Waals surface area (Å²) in [5, 5.41) is 4.88. The minimum atomic E-state index is -0.824. The van der Waals surface area contributed by atoms with Crippen molar-refractivity contribution in [3.63, 3.8) is 0 Å². The zero-order valence-electron chi connectivity index (χ0n) is 13.7. The summed E-state index contributed by atoms with van der Waals surface area (Å²) in [6.45, 7) is 1.76. The van der Waals surface area contributed by atoms with E-state index in [9.17, 15) is 9.59 Å². The van der Waals surface area contributed by atoms with Gasteiger partial charge in [0.15, 0.2) is 0 Å². The molecule has 0 bridgehead atoms. The molecule has 2 rings (SSSR count). The number of ether oxygens (including phenoxy) is 1. The number of esters is 1. The van der Waals surface area contributed by atoms with E-state index in [-0.39, 0.29) is 12.3 Å². The minimum Gasteiger partial charge on any atom is -0.461 e. The molecule has 26 heavy (non-hydrogen) atoms. The lowest BCUT2D eigenvalue weighted by Crippen LogP contribution is -2.30. The van der Waals surface area contributed by atoms with Crippen molar-refractivity contribution in [2.45, 2.75) is 11.8 Å².